The highest BCUT2D eigenvalue weighted by molar-refractivity contribution is 7.07. The van der Waals surface area contributed by atoms with Gasteiger partial charge in [-0.15, -0.1) is 0 Å². The molecule has 0 unspecified atom stereocenters. The van der Waals surface area contributed by atoms with Crippen molar-refractivity contribution in [2.45, 2.75) is 32.9 Å². The van der Waals surface area contributed by atoms with Gasteiger partial charge in [0.05, 0.1) is 46.1 Å². The SMILES string of the molecule is CCOC(=O)c1ccc(COc2c(Cl)cc(Cl)cc2/C=c2/sc3n(c2=O)[C@@H](c2ccccc2)C(C(=O)OC)=C(CC)N=3)cc1. The fraction of sp³-hybridized carbons (Fsp3) is 0.212. The van der Waals surface area contributed by atoms with Crippen molar-refractivity contribution < 1.29 is 23.8 Å². The van der Waals surface area contributed by atoms with Crippen LogP contribution in [0.4, 0.5) is 0 Å². The third-order valence-electron chi connectivity index (χ3n) is 6.94. The lowest BCUT2D eigenvalue weighted by Gasteiger charge is -2.25. The number of aromatic nitrogens is 1. The summed E-state index contributed by atoms with van der Waals surface area (Å²) < 4.78 is 18.2. The molecule has 0 bridgehead atoms. The van der Waals surface area contributed by atoms with Crippen LogP contribution >= 0.6 is 34.5 Å². The summed E-state index contributed by atoms with van der Waals surface area (Å²) in [5, 5.41) is 0.631. The number of hydrogen-bond donors (Lipinski definition) is 0. The molecule has 0 radical (unpaired) electrons. The summed E-state index contributed by atoms with van der Waals surface area (Å²) in [6.45, 7) is 4.08. The van der Waals surface area contributed by atoms with E-state index < -0.39 is 18.0 Å². The third-order valence-corrected chi connectivity index (χ3v) is 8.42. The van der Waals surface area contributed by atoms with Crippen LogP contribution in [0, 0.1) is 0 Å². The third kappa shape index (κ3) is 6.36. The minimum atomic E-state index is -0.715. The number of rotatable bonds is 9. The predicted molar refractivity (Wildman–Crippen MR) is 170 cm³/mol. The number of carbonyl (C=O) groups is 2. The molecule has 0 amide bonds. The second-order valence-electron chi connectivity index (χ2n) is 9.71. The maximum absolute atomic E-state index is 14.0. The van der Waals surface area contributed by atoms with Gasteiger partial charge in [0.15, 0.2) is 4.80 Å². The molecule has 1 atom stereocenters. The number of benzene rings is 3. The molecule has 0 spiro atoms. The lowest BCUT2D eigenvalue weighted by molar-refractivity contribution is -0.136. The van der Waals surface area contributed by atoms with E-state index >= 15 is 0 Å². The average molecular weight is 652 g/mol. The molecule has 0 N–H and O–H groups in total. The van der Waals surface area contributed by atoms with Crippen LogP contribution in [0.5, 0.6) is 5.75 Å². The summed E-state index contributed by atoms with van der Waals surface area (Å²) in [5.41, 5.74) is 3.02. The highest BCUT2D eigenvalue weighted by Crippen LogP contribution is 2.34. The van der Waals surface area contributed by atoms with Gasteiger partial charge in [-0.25, -0.2) is 14.6 Å². The first-order valence-electron chi connectivity index (χ1n) is 13.8. The van der Waals surface area contributed by atoms with E-state index in [2.05, 4.69) is 0 Å². The fourth-order valence-electron chi connectivity index (χ4n) is 4.90. The Labute approximate surface area is 267 Å². The van der Waals surface area contributed by atoms with Crippen LogP contribution in [-0.4, -0.2) is 30.2 Å². The second kappa shape index (κ2) is 13.6. The molecular formula is C33H28Cl2N2O6S. The van der Waals surface area contributed by atoms with Gasteiger partial charge >= 0.3 is 11.9 Å². The molecule has 1 aliphatic heterocycles. The van der Waals surface area contributed by atoms with Gasteiger partial charge in [0.25, 0.3) is 5.56 Å². The molecule has 0 fully saturated rings. The van der Waals surface area contributed by atoms with Crippen LogP contribution in [-0.2, 0) is 20.9 Å². The van der Waals surface area contributed by atoms with Crippen molar-refractivity contribution in [1.82, 2.24) is 4.57 Å². The maximum atomic E-state index is 14.0. The molecule has 44 heavy (non-hydrogen) atoms. The van der Waals surface area contributed by atoms with Crippen LogP contribution in [0.25, 0.3) is 6.08 Å². The number of ether oxygens (including phenoxy) is 3. The number of thiazole rings is 1. The van der Waals surface area contributed by atoms with Crippen LogP contribution in [0.1, 0.15) is 53.4 Å². The molecule has 226 valence electrons. The minimum absolute atomic E-state index is 0.142. The zero-order valence-electron chi connectivity index (χ0n) is 24.1. The van der Waals surface area contributed by atoms with E-state index in [-0.39, 0.29) is 17.2 Å². The molecule has 1 aromatic heterocycles. The Bertz CT molecular complexity index is 1930. The molecular weight excluding hydrogens is 623 g/mol. The summed E-state index contributed by atoms with van der Waals surface area (Å²) >= 11 is 14.1. The molecule has 2 heterocycles. The number of nitrogens with zero attached hydrogens (tertiary/aromatic N) is 2. The summed E-state index contributed by atoms with van der Waals surface area (Å²) in [5.74, 6) is -0.606. The monoisotopic (exact) mass is 650 g/mol. The molecule has 4 aromatic rings. The normalized spacial score (nSPS) is 14.6. The van der Waals surface area contributed by atoms with Crippen molar-refractivity contribution in [1.29, 1.82) is 0 Å². The molecule has 5 rings (SSSR count). The van der Waals surface area contributed by atoms with Crippen molar-refractivity contribution in [2.24, 2.45) is 4.99 Å². The lowest BCUT2D eigenvalue weighted by Crippen LogP contribution is -2.40. The van der Waals surface area contributed by atoms with Crippen molar-refractivity contribution >= 4 is 52.6 Å². The summed E-state index contributed by atoms with van der Waals surface area (Å²) in [7, 11) is 1.31. The van der Waals surface area contributed by atoms with Gasteiger partial charge < -0.3 is 14.2 Å². The van der Waals surface area contributed by atoms with E-state index in [1.807, 2.05) is 37.3 Å². The molecule has 8 nitrogen and oxygen atoms in total. The van der Waals surface area contributed by atoms with E-state index in [4.69, 9.17) is 42.4 Å². The minimum Gasteiger partial charge on any atom is -0.487 e. The van der Waals surface area contributed by atoms with Gasteiger partial charge in [-0.3, -0.25) is 9.36 Å². The van der Waals surface area contributed by atoms with Crippen molar-refractivity contribution in [3.63, 3.8) is 0 Å². The molecule has 0 saturated carbocycles. The average Bonchev–Trinajstić information content (AvgIpc) is 3.34. The maximum Gasteiger partial charge on any atom is 0.338 e. The topological polar surface area (TPSA) is 96.2 Å². The van der Waals surface area contributed by atoms with Gasteiger partial charge in [-0.2, -0.15) is 0 Å². The van der Waals surface area contributed by atoms with E-state index in [0.717, 1.165) is 11.1 Å². The number of esters is 2. The Hall–Kier alpha value is -4.18. The summed E-state index contributed by atoms with van der Waals surface area (Å²) in [6.07, 6.45) is 2.14. The Balaban J connectivity index is 1.57. The Morgan fingerprint density at radius 3 is 2.41 bits per heavy atom. The standard InChI is InChI=1S/C33H28Cl2N2O6S/c1-4-25-27(32(40)41-3)28(20-9-7-6-8-10-20)37-30(38)26(44-33(37)36-25)16-22-15-23(34)17-24(35)29(22)43-18-19-11-13-21(14-12-19)31(39)42-5-2/h6-17,28H,4-5,18H2,1-3H3/b26-16+/t28-/m0/s1. The number of allylic oxidation sites excluding steroid dienone is 1. The smallest absolute Gasteiger partial charge is 0.338 e. The van der Waals surface area contributed by atoms with Crippen LogP contribution in [0.3, 0.4) is 0 Å². The largest absolute Gasteiger partial charge is 0.487 e. The van der Waals surface area contributed by atoms with E-state index in [9.17, 15) is 14.4 Å². The zero-order chi connectivity index (χ0) is 31.4. The number of hydrogen-bond acceptors (Lipinski definition) is 8. The van der Waals surface area contributed by atoms with Gasteiger partial charge in [-0.1, -0.05) is 83.9 Å². The predicted octanol–water partition coefficient (Wildman–Crippen LogP) is 5.86. The molecule has 1 aliphatic rings. The molecule has 11 heteroatoms. The van der Waals surface area contributed by atoms with Crippen molar-refractivity contribution in [3.8, 4) is 5.75 Å². The summed E-state index contributed by atoms with van der Waals surface area (Å²) in [4.78, 5) is 44.2. The quantitative estimate of drug-likeness (QED) is 0.211. The van der Waals surface area contributed by atoms with Gasteiger partial charge in [0, 0.05) is 10.6 Å². The van der Waals surface area contributed by atoms with Crippen molar-refractivity contribution in [3.05, 3.63) is 130 Å². The second-order valence-corrected chi connectivity index (χ2v) is 11.6. The number of halogens is 2. The summed E-state index contributed by atoms with van der Waals surface area (Å²) in [6, 6.07) is 18.7. The van der Waals surface area contributed by atoms with Crippen LogP contribution in [0.15, 0.2) is 87.8 Å². The highest BCUT2D eigenvalue weighted by Gasteiger charge is 2.33. The fourth-order valence-corrected chi connectivity index (χ4v) is 6.48. The Kier molecular flexibility index (Phi) is 9.68. The Morgan fingerprint density at radius 2 is 1.75 bits per heavy atom. The van der Waals surface area contributed by atoms with Crippen molar-refractivity contribution in [2.75, 3.05) is 13.7 Å². The zero-order valence-corrected chi connectivity index (χ0v) is 26.5. The van der Waals surface area contributed by atoms with E-state index in [1.54, 1.807) is 49.4 Å². The first-order chi connectivity index (χ1) is 21.2. The molecule has 0 aliphatic carbocycles. The van der Waals surface area contributed by atoms with Crippen LogP contribution < -0.4 is 19.6 Å². The van der Waals surface area contributed by atoms with Gasteiger partial charge in [0.2, 0.25) is 0 Å². The highest BCUT2D eigenvalue weighted by atomic mass is 35.5. The van der Waals surface area contributed by atoms with E-state index in [1.165, 1.54) is 23.0 Å². The van der Waals surface area contributed by atoms with Gasteiger partial charge in [-0.05, 0) is 54.8 Å². The molecule has 3 aromatic carbocycles. The first-order valence-corrected chi connectivity index (χ1v) is 15.4. The van der Waals surface area contributed by atoms with Crippen LogP contribution in [0.2, 0.25) is 10.0 Å². The number of methoxy groups -OCH3 is 1. The number of fused-ring (bicyclic) bond motifs is 1. The number of carbonyl (C=O) groups excluding carboxylic acids is 2. The Morgan fingerprint density at radius 1 is 1.02 bits per heavy atom. The lowest BCUT2D eigenvalue weighted by atomic mass is 9.95. The first kappa shape index (κ1) is 31.3. The van der Waals surface area contributed by atoms with Gasteiger partial charge in [0.1, 0.15) is 12.4 Å². The van der Waals surface area contributed by atoms with E-state index in [0.29, 0.717) is 55.5 Å². The molecule has 0 saturated heterocycles.